The lowest BCUT2D eigenvalue weighted by Crippen LogP contribution is -2.16. The van der Waals surface area contributed by atoms with Crippen molar-refractivity contribution >= 4 is 31.6 Å². The molecule has 1 aromatic carbocycles. The number of rotatable bonds is 4. The lowest BCUT2D eigenvalue weighted by atomic mass is 10.1. The molecule has 1 aliphatic carbocycles. The number of hydrogen-bond donors (Lipinski definition) is 2. The molecule has 1 aromatic rings. The van der Waals surface area contributed by atoms with Crippen molar-refractivity contribution in [1.82, 2.24) is 0 Å². The number of halogens is 1. The summed E-state index contributed by atoms with van der Waals surface area (Å²) in [6.07, 6.45) is 4.84. The van der Waals surface area contributed by atoms with Crippen LogP contribution in [0, 0.1) is 5.92 Å². The smallest absolute Gasteiger partial charge is 0.238 e. The van der Waals surface area contributed by atoms with Crippen molar-refractivity contribution in [3.05, 3.63) is 22.7 Å². The van der Waals surface area contributed by atoms with Crippen LogP contribution in [0.25, 0.3) is 0 Å². The van der Waals surface area contributed by atoms with Gasteiger partial charge >= 0.3 is 0 Å². The quantitative estimate of drug-likeness (QED) is 0.879. The lowest BCUT2D eigenvalue weighted by Gasteiger charge is -2.16. The van der Waals surface area contributed by atoms with Gasteiger partial charge < -0.3 is 5.32 Å². The molecule has 0 aromatic heterocycles. The maximum absolute atomic E-state index is 11.3. The fraction of sp³-hybridized carbons (Fsp3) is 0.538. The Hall–Kier alpha value is -0.590. The highest BCUT2D eigenvalue weighted by Gasteiger charge is 2.23. The topological polar surface area (TPSA) is 72.2 Å². The predicted octanol–water partition coefficient (Wildman–Crippen LogP) is 3.09. The number of anilines is 1. The van der Waals surface area contributed by atoms with E-state index < -0.39 is 10.0 Å². The molecule has 0 heterocycles. The van der Waals surface area contributed by atoms with Gasteiger partial charge in [-0.05, 0) is 59.3 Å². The Morgan fingerprint density at radius 3 is 2.68 bits per heavy atom. The van der Waals surface area contributed by atoms with Gasteiger partial charge in [0, 0.05) is 16.2 Å². The molecule has 1 fully saturated rings. The summed E-state index contributed by atoms with van der Waals surface area (Å²) in [4.78, 5) is 0.128. The molecule has 0 saturated heterocycles. The molecule has 2 atom stereocenters. The van der Waals surface area contributed by atoms with Crippen LogP contribution < -0.4 is 10.5 Å². The molecule has 4 nitrogen and oxygen atoms in total. The summed E-state index contributed by atoms with van der Waals surface area (Å²) in [5.41, 5.74) is 0.925. The standard InChI is InChI=1S/C13H19BrN2O2S/c1-2-9-3-4-10(7-9)16-13-6-5-11(8-12(13)14)19(15,17)18/h5-6,8-10,16H,2-4,7H2,1H3,(H2,15,17,18). The van der Waals surface area contributed by atoms with Crippen molar-refractivity contribution in [2.45, 2.75) is 43.5 Å². The van der Waals surface area contributed by atoms with Gasteiger partial charge in [0.15, 0.2) is 0 Å². The minimum atomic E-state index is -3.64. The zero-order chi connectivity index (χ0) is 14.0. The van der Waals surface area contributed by atoms with E-state index in [9.17, 15) is 8.42 Å². The van der Waals surface area contributed by atoms with E-state index in [4.69, 9.17) is 5.14 Å². The van der Waals surface area contributed by atoms with Crippen molar-refractivity contribution in [3.63, 3.8) is 0 Å². The highest BCUT2D eigenvalue weighted by Crippen LogP contribution is 2.32. The molecule has 3 N–H and O–H groups in total. The van der Waals surface area contributed by atoms with Crippen LogP contribution in [-0.2, 0) is 10.0 Å². The van der Waals surface area contributed by atoms with Crippen LogP contribution in [0.15, 0.2) is 27.6 Å². The minimum absolute atomic E-state index is 0.128. The van der Waals surface area contributed by atoms with Gasteiger partial charge in [-0.15, -0.1) is 0 Å². The second kappa shape index (κ2) is 5.81. The average molecular weight is 347 g/mol. The Balaban J connectivity index is 2.10. The summed E-state index contributed by atoms with van der Waals surface area (Å²) in [5.74, 6) is 0.806. The van der Waals surface area contributed by atoms with Crippen molar-refractivity contribution in [2.75, 3.05) is 5.32 Å². The molecule has 1 saturated carbocycles. The van der Waals surface area contributed by atoms with E-state index in [1.54, 1.807) is 12.1 Å². The molecule has 2 unspecified atom stereocenters. The maximum Gasteiger partial charge on any atom is 0.238 e. The van der Waals surface area contributed by atoms with Crippen molar-refractivity contribution in [3.8, 4) is 0 Å². The summed E-state index contributed by atoms with van der Waals surface area (Å²) >= 11 is 3.40. The molecule has 19 heavy (non-hydrogen) atoms. The molecule has 0 aliphatic heterocycles. The summed E-state index contributed by atoms with van der Waals surface area (Å²) in [5, 5.41) is 8.58. The van der Waals surface area contributed by atoms with Gasteiger partial charge in [-0.3, -0.25) is 0 Å². The van der Waals surface area contributed by atoms with Crippen molar-refractivity contribution in [1.29, 1.82) is 0 Å². The summed E-state index contributed by atoms with van der Waals surface area (Å²) in [7, 11) is -3.64. The van der Waals surface area contributed by atoms with E-state index in [1.165, 1.54) is 31.7 Å². The maximum atomic E-state index is 11.3. The molecule has 0 radical (unpaired) electrons. The molecular weight excluding hydrogens is 328 g/mol. The average Bonchev–Trinajstić information content (AvgIpc) is 2.78. The number of hydrogen-bond acceptors (Lipinski definition) is 3. The highest BCUT2D eigenvalue weighted by molar-refractivity contribution is 9.10. The van der Waals surface area contributed by atoms with Crippen LogP contribution in [-0.4, -0.2) is 14.5 Å². The molecule has 0 spiro atoms. The molecule has 2 rings (SSSR count). The highest BCUT2D eigenvalue weighted by atomic mass is 79.9. The first-order valence-corrected chi connectivity index (χ1v) is 8.83. The van der Waals surface area contributed by atoms with Crippen molar-refractivity contribution < 1.29 is 8.42 Å². The monoisotopic (exact) mass is 346 g/mol. The van der Waals surface area contributed by atoms with E-state index in [0.717, 1.165) is 16.1 Å². The Bertz CT molecular complexity index is 560. The first-order valence-electron chi connectivity index (χ1n) is 6.49. The second-order valence-corrected chi connectivity index (χ2v) is 7.53. The Labute approximate surface area is 122 Å². The third kappa shape index (κ3) is 3.70. The Morgan fingerprint density at radius 1 is 1.42 bits per heavy atom. The molecule has 106 valence electrons. The van der Waals surface area contributed by atoms with Gasteiger partial charge in [0.25, 0.3) is 0 Å². The van der Waals surface area contributed by atoms with E-state index in [-0.39, 0.29) is 4.90 Å². The van der Waals surface area contributed by atoms with Crippen LogP contribution in [0.4, 0.5) is 5.69 Å². The van der Waals surface area contributed by atoms with E-state index in [2.05, 4.69) is 28.2 Å². The minimum Gasteiger partial charge on any atom is -0.381 e. The van der Waals surface area contributed by atoms with E-state index in [0.29, 0.717) is 6.04 Å². The number of sulfonamides is 1. The van der Waals surface area contributed by atoms with Gasteiger partial charge in [-0.1, -0.05) is 13.3 Å². The summed E-state index contributed by atoms with van der Waals surface area (Å²) in [6.45, 7) is 2.23. The number of primary sulfonamides is 1. The van der Waals surface area contributed by atoms with Gasteiger partial charge in [-0.25, -0.2) is 13.6 Å². The van der Waals surface area contributed by atoms with Crippen molar-refractivity contribution in [2.24, 2.45) is 11.1 Å². The van der Waals surface area contributed by atoms with Gasteiger partial charge in [0.1, 0.15) is 0 Å². The zero-order valence-electron chi connectivity index (χ0n) is 10.9. The van der Waals surface area contributed by atoms with Crippen LogP contribution in [0.3, 0.4) is 0 Å². The fourth-order valence-electron chi connectivity index (χ4n) is 2.59. The zero-order valence-corrected chi connectivity index (χ0v) is 13.3. The number of nitrogens with two attached hydrogens (primary N) is 1. The van der Waals surface area contributed by atoms with Gasteiger partial charge in [-0.2, -0.15) is 0 Å². The Morgan fingerprint density at radius 2 is 2.16 bits per heavy atom. The Kier molecular flexibility index (Phi) is 4.53. The molecule has 1 aliphatic rings. The first kappa shape index (κ1) is 14.8. The van der Waals surface area contributed by atoms with Gasteiger partial charge in [0.05, 0.1) is 4.90 Å². The van der Waals surface area contributed by atoms with E-state index in [1.807, 2.05) is 0 Å². The largest absolute Gasteiger partial charge is 0.381 e. The van der Waals surface area contributed by atoms with Gasteiger partial charge in [0.2, 0.25) is 10.0 Å². The summed E-state index contributed by atoms with van der Waals surface area (Å²) < 4.78 is 23.3. The first-order chi connectivity index (χ1) is 8.90. The summed E-state index contributed by atoms with van der Waals surface area (Å²) in [6, 6.07) is 5.32. The van der Waals surface area contributed by atoms with Crippen LogP contribution in [0.5, 0.6) is 0 Å². The molecular formula is C13H19BrN2O2S. The fourth-order valence-corrected chi connectivity index (χ4v) is 3.77. The SMILES string of the molecule is CCC1CCC(Nc2ccc(S(N)(=O)=O)cc2Br)C1. The normalized spacial score (nSPS) is 23.5. The molecule has 6 heteroatoms. The predicted molar refractivity (Wildman–Crippen MR) is 80.6 cm³/mol. The molecule has 0 bridgehead atoms. The van der Waals surface area contributed by atoms with Crippen LogP contribution in [0.1, 0.15) is 32.6 Å². The number of benzene rings is 1. The van der Waals surface area contributed by atoms with Crippen LogP contribution >= 0.6 is 15.9 Å². The van der Waals surface area contributed by atoms with Crippen LogP contribution in [0.2, 0.25) is 0 Å². The van der Waals surface area contributed by atoms with E-state index >= 15 is 0 Å². The third-order valence-electron chi connectivity index (χ3n) is 3.75. The third-order valence-corrected chi connectivity index (χ3v) is 5.31. The molecule has 0 amide bonds. The number of nitrogens with one attached hydrogen (secondary N) is 1. The lowest BCUT2D eigenvalue weighted by molar-refractivity contribution is 0.525. The second-order valence-electron chi connectivity index (χ2n) is 5.12.